The van der Waals surface area contributed by atoms with Crippen molar-refractivity contribution in [3.05, 3.63) is 47.0 Å². The van der Waals surface area contributed by atoms with Crippen LogP contribution in [-0.2, 0) is 16.0 Å². The van der Waals surface area contributed by atoms with E-state index in [1.165, 1.54) is 7.11 Å². The van der Waals surface area contributed by atoms with Gasteiger partial charge in [0.2, 0.25) is 0 Å². The standard InChI is InChI=1S/C25H32O7/c1-15(2)10-23(28)31-9-5-6-16-11-18-19(14-26)24(32-25(18)22(12-16)30-4)17-7-8-20(27)21(13-17)29-3/h7-8,11-13,15,19,24,26-27H,5-6,9-10,14H2,1-4H3. The Morgan fingerprint density at radius 1 is 1.12 bits per heavy atom. The number of aliphatic hydroxyl groups is 1. The summed E-state index contributed by atoms with van der Waals surface area (Å²) in [5.74, 6) is 1.40. The van der Waals surface area contributed by atoms with E-state index in [1.54, 1.807) is 25.3 Å². The molecule has 0 bridgehead atoms. The number of aliphatic hydroxyl groups excluding tert-OH is 1. The molecule has 2 aromatic rings. The second-order valence-electron chi connectivity index (χ2n) is 8.40. The molecule has 0 radical (unpaired) electrons. The largest absolute Gasteiger partial charge is 0.504 e. The highest BCUT2D eigenvalue weighted by Gasteiger charge is 2.38. The molecule has 1 heterocycles. The number of aryl methyl sites for hydroxylation is 1. The van der Waals surface area contributed by atoms with Gasteiger partial charge in [0.15, 0.2) is 23.0 Å². The second-order valence-corrected chi connectivity index (χ2v) is 8.40. The van der Waals surface area contributed by atoms with Gasteiger partial charge in [0.05, 0.1) is 33.4 Å². The van der Waals surface area contributed by atoms with Gasteiger partial charge in [-0.15, -0.1) is 0 Å². The van der Waals surface area contributed by atoms with Crippen LogP contribution in [0, 0.1) is 5.92 Å². The summed E-state index contributed by atoms with van der Waals surface area (Å²) < 4.78 is 22.3. The lowest BCUT2D eigenvalue weighted by atomic mass is 9.90. The molecule has 32 heavy (non-hydrogen) atoms. The lowest BCUT2D eigenvalue weighted by Gasteiger charge is -2.18. The number of carbonyl (C=O) groups is 1. The zero-order valence-corrected chi connectivity index (χ0v) is 19.1. The van der Waals surface area contributed by atoms with E-state index in [1.807, 2.05) is 26.0 Å². The number of rotatable bonds is 10. The topological polar surface area (TPSA) is 94.5 Å². The number of benzene rings is 2. The van der Waals surface area contributed by atoms with Gasteiger partial charge >= 0.3 is 5.97 Å². The third-order valence-corrected chi connectivity index (χ3v) is 5.55. The lowest BCUT2D eigenvalue weighted by molar-refractivity contribution is -0.144. The normalized spacial score (nSPS) is 17.1. The van der Waals surface area contributed by atoms with Crippen molar-refractivity contribution >= 4 is 5.97 Å². The fraction of sp³-hybridized carbons (Fsp3) is 0.480. The van der Waals surface area contributed by atoms with Crippen molar-refractivity contribution < 1.29 is 34.0 Å². The van der Waals surface area contributed by atoms with Crippen molar-refractivity contribution in [2.24, 2.45) is 5.92 Å². The van der Waals surface area contributed by atoms with Gasteiger partial charge in [0, 0.05) is 12.0 Å². The minimum absolute atomic E-state index is 0.0428. The van der Waals surface area contributed by atoms with E-state index in [4.69, 9.17) is 18.9 Å². The average Bonchev–Trinajstić information content (AvgIpc) is 3.14. The van der Waals surface area contributed by atoms with Crippen molar-refractivity contribution in [3.8, 4) is 23.0 Å². The minimum atomic E-state index is -0.439. The van der Waals surface area contributed by atoms with Crippen molar-refractivity contribution in [3.63, 3.8) is 0 Å². The molecular weight excluding hydrogens is 412 g/mol. The Morgan fingerprint density at radius 3 is 2.53 bits per heavy atom. The Kier molecular flexibility index (Phi) is 7.85. The molecule has 0 fully saturated rings. The molecule has 0 aromatic heterocycles. The molecule has 2 unspecified atom stereocenters. The monoisotopic (exact) mass is 444 g/mol. The van der Waals surface area contributed by atoms with Gasteiger partial charge in [0.25, 0.3) is 0 Å². The average molecular weight is 445 g/mol. The van der Waals surface area contributed by atoms with E-state index in [-0.39, 0.29) is 30.2 Å². The number of hydrogen-bond donors (Lipinski definition) is 2. The Balaban J connectivity index is 1.76. The Labute approximate surface area is 188 Å². The van der Waals surface area contributed by atoms with Crippen molar-refractivity contribution in [2.75, 3.05) is 27.4 Å². The first-order valence-corrected chi connectivity index (χ1v) is 10.9. The molecule has 0 aliphatic carbocycles. The molecule has 7 heteroatoms. The molecule has 7 nitrogen and oxygen atoms in total. The first kappa shape index (κ1) is 23.7. The highest BCUT2D eigenvalue weighted by atomic mass is 16.5. The summed E-state index contributed by atoms with van der Waals surface area (Å²) >= 11 is 0. The van der Waals surface area contributed by atoms with E-state index < -0.39 is 6.10 Å². The maximum atomic E-state index is 11.7. The molecule has 0 spiro atoms. The number of esters is 1. The fourth-order valence-electron chi connectivity index (χ4n) is 3.97. The van der Waals surface area contributed by atoms with E-state index in [2.05, 4.69) is 0 Å². The summed E-state index contributed by atoms with van der Waals surface area (Å²) in [6.45, 7) is 4.22. The van der Waals surface area contributed by atoms with Gasteiger partial charge in [-0.2, -0.15) is 0 Å². The first-order valence-electron chi connectivity index (χ1n) is 10.9. The van der Waals surface area contributed by atoms with Gasteiger partial charge in [-0.1, -0.05) is 26.0 Å². The first-order chi connectivity index (χ1) is 15.4. The van der Waals surface area contributed by atoms with Crippen LogP contribution in [0.4, 0.5) is 0 Å². The van der Waals surface area contributed by atoms with Crippen LogP contribution in [0.1, 0.15) is 55.4 Å². The minimum Gasteiger partial charge on any atom is -0.504 e. The van der Waals surface area contributed by atoms with Crippen LogP contribution >= 0.6 is 0 Å². The molecule has 0 saturated carbocycles. The van der Waals surface area contributed by atoms with E-state index in [0.717, 1.165) is 16.7 Å². The third-order valence-electron chi connectivity index (χ3n) is 5.55. The van der Waals surface area contributed by atoms with Crippen LogP contribution in [0.5, 0.6) is 23.0 Å². The van der Waals surface area contributed by atoms with Crippen molar-refractivity contribution in [2.45, 2.75) is 45.1 Å². The second kappa shape index (κ2) is 10.6. The summed E-state index contributed by atoms with van der Waals surface area (Å²) in [7, 11) is 3.07. The zero-order chi connectivity index (χ0) is 23.3. The number of aromatic hydroxyl groups is 1. The van der Waals surface area contributed by atoms with Crippen LogP contribution in [0.15, 0.2) is 30.3 Å². The van der Waals surface area contributed by atoms with Crippen LogP contribution in [0.2, 0.25) is 0 Å². The summed E-state index contributed by atoms with van der Waals surface area (Å²) in [4.78, 5) is 11.7. The zero-order valence-electron chi connectivity index (χ0n) is 19.1. The molecule has 2 aromatic carbocycles. The lowest BCUT2D eigenvalue weighted by Crippen LogP contribution is -2.13. The summed E-state index contributed by atoms with van der Waals surface area (Å²) in [5.41, 5.74) is 2.68. The number of phenolic OH excluding ortho intramolecular Hbond substituents is 1. The molecule has 2 N–H and O–H groups in total. The fourth-order valence-corrected chi connectivity index (χ4v) is 3.97. The number of carbonyl (C=O) groups excluding carboxylic acids is 1. The van der Waals surface area contributed by atoms with Crippen LogP contribution in [0.3, 0.4) is 0 Å². The van der Waals surface area contributed by atoms with Crippen molar-refractivity contribution in [1.29, 1.82) is 0 Å². The van der Waals surface area contributed by atoms with Crippen LogP contribution in [-0.4, -0.2) is 43.6 Å². The van der Waals surface area contributed by atoms with Gasteiger partial charge in [-0.3, -0.25) is 4.79 Å². The molecular formula is C25H32O7. The van der Waals surface area contributed by atoms with E-state index >= 15 is 0 Å². The van der Waals surface area contributed by atoms with Gasteiger partial charge in [-0.05, 0) is 48.1 Å². The summed E-state index contributed by atoms with van der Waals surface area (Å²) in [6, 6.07) is 8.97. The maximum absolute atomic E-state index is 11.7. The Hall–Kier alpha value is -2.93. The van der Waals surface area contributed by atoms with Crippen LogP contribution in [0.25, 0.3) is 0 Å². The predicted octanol–water partition coefficient (Wildman–Crippen LogP) is 4.14. The Morgan fingerprint density at radius 2 is 1.88 bits per heavy atom. The third kappa shape index (κ3) is 5.27. The van der Waals surface area contributed by atoms with Gasteiger partial charge in [-0.25, -0.2) is 0 Å². The number of phenols is 1. The predicted molar refractivity (Wildman–Crippen MR) is 120 cm³/mol. The number of fused-ring (bicyclic) bond motifs is 1. The molecule has 1 aliphatic rings. The van der Waals surface area contributed by atoms with Crippen molar-refractivity contribution in [1.82, 2.24) is 0 Å². The number of methoxy groups -OCH3 is 2. The van der Waals surface area contributed by atoms with E-state index in [9.17, 15) is 15.0 Å². The molecule has 174 valence electrons. The highest BCUT2D eigenvalue weighted by molar-refractivity contribution is 5.69. The SMILES string of the molecule is COc1cc(C2Oc3c(OC)cc(CCCOC(=O)CC(C)C)cc3C2CO)ccc1O. The Bertz CT molecular complexity index is 938. The van der Waals surface area contributed by atoms with Gasteiger partial charge < -0.3 is 29.2 Å². The molecule has 3 rings (SSSR count). The van der Waals surface area contributed by atoms with E-state index in [0.29, 0.717) is 43.1 Å². The summed E-state index contributed by atoms with van der Waals surface area (Å²) in [5, 5.41) is 20.1. The molecule has 2 atom stereocenters. The number of hydrogen-bond acceptors (Lipinski definition) is 7. The van der Waals surface area contributed by atoms with Crippen LogP contribution < -0.4 is 14.2 Å². The molecule has 0 saturated heterocycles. The smallest absolute Gasteiger partial charge is 0.306 e. The van der Waals surface area contributed by atoms with Gasteiger partial charge in [0.1, 0.15) is 6.10 Å². The maximum Gasteiger partial charge on any atom is 0.306 e. The summed E-state index contributed by atoms with van der Waals surface area (Å²) in [6.07, 6.45) is 1.38. The highest BCUT2D eigenvalue weighted by Crippen LogP contribution is 2.51. The molecule has 0 amide bonds. The number of ether oxygens (including phenoxy) is 4. The quantitative estimate of drug-likeness (QED) is 0.420. The molecule has 1 aliphatic heterocycles.